The van der Waals surface area contributed by atoms with E-state index in [1.807, 2.05) is 30.3 Å². The van der Waals surface area contributed by atoms with Crippen molar-refractivity contribution in [3.8, 4) is 0 Å². The molecule has 2 amide bonds. The molecule has 3 rings (SSSR count). The van der Waals surface area contributed by atoms with E-state index in [1.165, 1.54) is 7.11 Å². The topological polar surface area (TPSA) is 75.7 Å². The number of likely N-dealkylation sites (tertiary alicyclic amines) is 1. The highest BCUT2D eigenvalue weighted by atomic mass is 16.5. The van der Waals surface area contributed by atoms with Gasteiger partial charge in [-0.05, 0) is 29.8 Å². The molecule has 0 saturated carbocycles. The van der Waals surface area contributed by atoms with Crippen LogP contribution in [0.25, 0.3) is 0 Å². The van der Waals surface area contributed by atoms with Crippen molar-refractivity contribution >= 4 is 23.5 Å². The van der Waals surface area contributed by atoms with Crippen LogP contribution in [0.1, 0.15) is 22.3 Å². The maximum absolute atomic E-state index is 12.5. The number of carbonyl (C=O) groups is 3. The lowest BCUT2D eigenvalue weighted by molar-refractivity contribution is -0.128. The van der Waals surface area contributed by atoms with Crippen molar-refractivity contribution in [3.05, 3.63) is 65.7 Å². The zero-order valence-electron chi connectivity index (χ0n) is 14.5. The van der Waals surface area contributed by atoms with Gasteiger partial charge in [0.15, 0.2) is 0 Å². The Kier molecular flexibility index (Phi) is 5.31. The van der Waals surface area contributed by atoms with Crippen molar-refractivity contribution in [1.29, 1.82) is 0 Å². The minimum Gasteiger partial charge on any atom is -0.465 e. The zero-order valence-corrected chi connectivity index (χ0v) is 14.5. The van der Waals surface area contributed by atoms with Crippen molar-refractivity contribution in [2.75, 3.05) is 19.0 Å². The average Bonchev–Trinajstić information content (AvgIpc) is 3.03. The number of nitrogens with one attached hydrogen (secondary N) is 1. The Labute approximate surface area is 151 Å². The summed E-state index contributed by atoms with van der Waals surface area (Å²) in [6.07, 6.45) is 0.207. The number of anilines is 1. The van der Waals surface area contributed by atoms with Crippen molar-refractivity contribution in [3.63, 3.8) is 0 Å². The number of esters is 1. The van der Waals surface area contributed by atoms with E-state index in [9.17, 15) is 14.4 Å². The lowest BCUT2D eigenvalue weighted by atomic mass is 10.1. The van der Waals surface area contributed by atoms with Crippen LogP contribution >= 0.6 is 0 Å². The summed E-state index contributed by atoms with van der Waals surface area (Å²) >= 11 is 0. The van der Waals surface area contributed by atoms with Gasteiger partial charge < -0.3 is 15.0 Å². The molecule has 0 radical (unpaired) electrons. The predicted octanol–water partition coefficient (Wildman–Crippen LogP) is 2.46. The Balaban J connectivity index is 1.58. The third kappa shape index (κ3) is 4.08. The van der Waals surface area contributed by atoms with E-state index >= 15 is 0 Å². The highest BCUT2D eigenvalue weighted by molar-refractivity contribution is 5.97. The Morgan fingerprint density at radius 2 is 1.81 bits per heavy atom. The van der Waals surface area contributed by atoms with Gasteiger partial charge in [-0.3, -0.25) is 9.59 Å². The van der Waals surface area contributed by atoms with Gasteiger partial charge in [-0.2, -0.15) is 0 Å². The van der Waals surface area contributed by atoms with Crippen LogP contribution in [0.5, 0.6) is 0 Å². The highest BCUT2D eigenvalue weighted by Crippen LogP contribution is 2.22. The second kappa shape index (κ2) is 7.82. The van der Waals surface area contributed by atoms with Gasteiger partial charge in [0.1, 0.15) is 0 Å². The van der Waals surface area contributed by atoms with Gasteiger partial charge in [0.2, 0.25) is 11.8 Å². The van der Waals surface area contributed by atoms with Gasteiger partial charge in [0.05, 0.1) is 18.6 Å². The largest absolute Gasteiger partial charge is 0.465 e. The summed E-state index contributed by atoms with van der Waals surface area (Å²) in [4.78, 5) is 37.8. The summed E-state index contributed by atoms with van der Waals surface area (Å²) in [6.45, 7) is 0.914. The highest BCUT2D eigenvalue weighted by Gasteiger charge is 2.34. The van der Waals surface area contributed by atoms with Crippen molar-refractivity contribution in [1.82, 2.24) is 4.90 Å². The fourth-order valence-corrected chi connectivity index (χ4v) is 2.96. The van der Waals surface area contributed by atoms with E-state index in [-0.39, 0.29) is 24.2 Å². The SMILES string of the molecule is COC(=O)c1ccc(NC(=O)C2CC(=O)N(Cc3ccccc3)C2)cc1. The average molecular weight is 352 g/mol. The molecule has 6 heteroatoms. The van der Waals surface area contributed by atoms with E-state index in [2.05, 4.69) is 10.1 Å². The summed E-state index contributed by atoms with van der Waals surface area (Å²) in [5.74, 6) is -1.03. The molecule has 1 saturated heterocycles. The number of rotatable bonds is 5. The second-order valence-electron chi connectivity index (χ2n) is 6.22. The Morgan fingerprint density at radius 3 is 2.46 bits per heavy atom. The molecule has 1 N–H and O–H groups in total. The summed E-state index contributed by atoms with van der Waals surface area (Å²) in [7, 11) is 1.32. The van der Waals surface area contributed by atoms with Crippen LogP contribution in [0.2, 0.25) is 0 Å². The molecule has 1 unspecified atom stereocenters. The minimum atomic E-state index is -0.430. The Bertz CT molecular complexity index is 802. The van der Waals surface area contributed by atoms with Gasteiger partial charge in [-0.15, -0.1) is 0 Å². The standard InChI is InChI=1S/C20H20N2O4/c1-26-20(25)15-7-9-17(10-8-15)21-19(24)16-11-18(23)22(13-16)12-14-5-3-2-4-6-14/h2-10,16H,11-13H2,1H3,(H,21,24). The van der Waals surface area contributed by atoms with E-state index < -0.39 is 5.97 Å². The van der Waals surface area contributed by atoms with Gasteiger partial charge >= 0.3 is 5.97 Å². The first-order valence-electron chi connectivity index (χ1n) is 8.38. The summed E-state index contributed by atoms with van der Waals surface area (Å²) in [5.41, 5.74) is 2.03. The van der Waals surface area contributed by atoms with Crippen LogP contribution in [0.3, 0.4) is 0 Å². The zero-order chi connectivity index (χ0) is 18.5. The smallest absolute Gasteiger partial charge is 0.337 e. The first kappa shape index (κ1) is 17.7. The number of nitrogens with zero attached hydrogens (tertiary/aromatic N) is 1. The number of benzene rings is 2. The molecule has 1 fully saturated rings. The van der Waals surface area contributed by atoms with E-state index in [0.29, 0.717) is 24.3 Å². The molecule has 0 aromatic heterocycles. The van der Waals surface area contributed by atoms with Gasteiger partial charge in [-0.1, -0.05) is 30.3 Å². The second-order valence-corrected chi connectivity index (χ2v) is 6.22. The molecule has 0 aliphatic carbocycles. The molecule has 134 valence electrons. The van der Waals surface area contributed by atoms with Crippen LogP contribution in [0.4, 0.5) is 5.69 Å². The van der Waals surface area contributed by atoms with Crippen LogP contribution in [-0.2, 0) is 20.9 Å². The lowest BCUT2D eigenvalue weighted by Gasteiger charge is -2.16. The Hall–Kier alpha value is -3.15. The summed E-state index contributed by atoms with van der Waals surface area (Å²) in [5, 5.41) is 2.80. The Morgan fingerprint density at radius 1 is 1.12 bits per heavy atom. The van der Waals surface area contributed by atoms with Crippen molar-refractivity contribution in [2.45, 2.75) is 13.0 Å². The molecule has 2 aromatic rings. The first-order valence-corrected chi connectivity index (χ1v) is 8.38. The molecular formula is C20H20N2O4. The number of methoxy groups -OCH3 is 1. The van der Waals surface area contributed by atoms with Crippen LogP contribution in [0, 0.1) is 5.92 Å². The molecule has 1 aliphatic heterocycles. The van der Waals surface area contributed by atoms with E-state index in [1.54, 1.807) is 29.2 Å². The third-order valence-corrected chi connectivity index (χ3v) is 4.38. The fourth-order valence-electron chi connectivity index (χ4n) is 2.96. The van der Waals surface area contributed by atoms with Gasteiger partial charge in [-0.25, -0.2) is 4.79 Å². The van der Waals surface area contributed by atoms with Gasteiger partial charge in [0, 0.05) is 25.2 Å². The molecule has 0 bridgehead atoms. The normalized spacial score (nSPS) is 16.4. The molecule has 1 atom stereocenters. The number of carbonyl (C=O) groups excluding carboxylic acids is 3. The maximum atomic E-state index is 12.5. The molecule has 26 heavy (non-hydrogen) atoms. The summed E-state index contributed by atoms with van der Waals surface area (Å²) < 4.78 is 4.64. The molecule has 6 nitrogen and oxygen atoms in total. The monoisotopic (exact) mass is 352 g/mol. The van der Waals surface area contributed by atoms with Gasteiger partial charge in [0.25, 0.3) is 0 Å². The molecule has 1 aliphatic rings. The van der Waals surface area contributed by atoms with Crippen molar-refractivity contribution < 1.29 is 19.1 Å². The third-order valence-electron chi connectivity index (χ3n) is 4.38. The number of hydrogen-bond acceptors (Lipinski definition) is 4. The van der Waals surface area contributed by atoms with Crippen LogP contribution in [-0.4, -0.2) is 36.3 Å². The first-order chi connectivity index (χ1) is 12.6. The molecular weight excluding hydrogens is 332 g/mol. The number of ether oxygens (including phenoxy) is 1. The fraction of sp³-hybridized carbons (Fsp3) is 0.250. The maximum Gasteiger partial charge on any atom is 0.337 e. The molecule has 1 heterocycles. The quantitative estimate of drug-likeness (QED) is 0.839. The molecule has 2 aromatic carbocycles. The molecule has 0 spiro atoms. The summed E-state index contributed by atoms with van der Waals surface area (Å²) in [6, 6.07) is 16.2. The number of hydrogen-bond donors (Lipinski definition) is 1. The van der Waals surface area contributed by atoms with Crippen LogP contribution < -0.4 is 5.32 Å². The predicted molar refractivity (Wildman–Crippen MR) is 96.4 cm³/mol. The van der Waals surface area contributed by atoms with Crippen LogP contribution in [0.15, 0.2) is 54.6 Å². The lowest BCUT2D eigenvalue weighted by Crippen LogP contribution is -2.28. The van der Waals surface area contributed by atoms with E-state index in [4.69, 9.17) is 0 Å². The number of amides is 2. The minimum absolute atomic E-state index is 0.0185. The van der Waals surface area contributed by atoms with Crippen molar-refractivity contribution in [2.24, 2.45) is 5.92 Å². The van der Waals surface area contributed by atoms with E-state index in [0.717, 1.165) is 5.56 Å².